The number of benzene rings is 1. The third-order valence-electron chi connectivity index (χ3n) is 3.85. The van der Waals surface area contributed by atoms with Gasteiger partial charge in [-0.1, -0.05) is 13.0 Å². The number of likely N-dealkylation sites (tertiary alicyclic amines) is 1. The van der Waals surface area contributed by atoms with Crippen molar-refractivity contribution in [2.45, 2.75) is 19.6 Å². The molecule has 1 unspecified atom stereocenters. The summed E-state index contributed by atoms with van der Waals surface area (Å²) < 4.78 is 51.5. The minimum Gasteiger partial charge on any atom is -0.481 e. The van der Waals surface area contributed by atoms with Gasteiger partial charge < -0.3 is 5.11 Å². The van der Waals surface area contributed by atoms with Gasteiger partial charge >= 0.3 is 12.1 Å². The topological polar surface area (TPSA) is 40.5 Å². The Labute approximate surface area is 119 Å². The number of hydrogen-bond donors (Lipinski definition) is 1. The molecule has 0 spiro atoms. The summed E-state index contributed by atoms with van der Waals surface area (Å²) in [6.07, 6.45) is -4.60. The van der Waals surface area contributed by atoms with E-state index in [0.29, 0.717) is 19.2 Å². The maximum Gasteiger partial charge on any atom is 0.416 e. The van der Waals surface area contributed by atoms with Gasteiger partial charge in [0.2, 0.25) is 0 Å². The molecule has 0 aromatic heterocycles. The van der Waals surface area contributed by atoms with Crippen LogP contribution in [0, 0.1) is 17.7 Å². The lowest BCUT2D eigenvalue weighted by Crippen LogP contribution is -2.50. The number of nitrogens with zero attached hydrogens (tertiary/aromatic N) is 1. The summed E-state index contributed by atoms with van der Waals surface area (Å²) in [5.74, 6) is -2.40. The molecule has 1 aliphatic heterocycles. The van der Waals surface area contributed by atoms with Gasteiger partial charge in [0.05, 0.1) is 11.5 Å². The van der Waals surface area contributed by atoms with Gasteiger partial charge in [0.1, 0.15) is 5.82 Å². The molecule has 1 aromatic rings. The van der Waals surface area contributed by atoms with E-state index in [2.05, 4.69) is 0 Å². The van der Waals surface area contributed by atoms with Crippen LogP contribution in [0.4, 0.5) is 17.6 Å². The van der Waals surface area contributed by atoms with E-state index in [4.69, 9.17) is 5.11 Å². The molecule has 3 nitrogen and oxygen atoms in total. The summed E-state index contributed by atoms with van der Waals surface area (Å²) in [4.78, 5) is 12.5. The molecule has 0 amide bonds. The fraction of sp³-hybridized carbons (Fsp3) is 0.500. The van der Waals surface area contributed by atoms with E-state index in [1.54, 1.807) is 11.8 Å². The van der Waals surface area contributed by atoms with Crippen molar-refractivity contribution >= 4 is 5.97 Å². The highest BCUT2D eigenvalue weighted by Gasteiger charge is 2.37. The van der Waals surface area contributed by atoms with Crippen molar-refractivity contribution in [3.63, 3.8) is 0 Å². The van der Waals surface area contributed by atoms with E-state index in [1.807, 2.05) is 0 Å². The van der Waals surface area contributed by atoms with E-state index in [0.717, 1.165) is 12.1 Å². The van der Waals surface area contributed by atoms with E-state index >= 15 is 0 Å². The minimum atomic E-state index is -4.60. The Hall–Kier alpha value is -1.63. The molecule has 116 valence electrons. The second kappa shape index (κ2) is 5.63. The average molecular weight is 305 g/mol. The maximum atomic E-state index is 13.0. The third-order valence-corrected chi connectivity index (χ3v) is 3.85. The van der Waals surface area contributed by atoms with Gasteiger partial charge in [-0.2, -0.15) is 13.2 Å². The van der Waals surface area contributed by atoms with Crippen molar-refractivity contribution in [2.75, 3.05) is 13.1 Å². The monoisotopic (exact) mass is 305 g/mol. The molecular formula is C14H15F4NO2. The largest absolute Gasteiger partial charge is 0.481 e. The second-order valence-corrected chi connectivity index (χ2v) is 5.38. The molecule has 0 aliphatic carbocycles. The molecule has 1 atom stereocenters. The van der Waals surface area contributed by atoms with Crippen LogP contribution < -0.4 is 0 Å². The molecule has 1 aliphatic rings. The highest BCUT2D eigenvalue weighted by atomic mass is 19.4. The lowest BCUT2D eigenvalue weighted by atomic mass is 9.86. The number of carbonyl (C=O) groups is 1. The molecule has 1 saturated heterocycles. The van der Waals surface area contributed by atoms with Crippen LogP contribution in [0.15, 0.2) is 18.2 Å². The number of carboxylic acid groups (broad SMARTS) is 1. The van der Waals surface area contributed by atoms with Crippen molar-refractivity contribution in [3.8, 4) is 0 Å². The van der Waals surface area contributed by atoms with E-state index in [9.17, 15) is 22.4 Å². The Bertz CT molecular complexity index is 538. The number of hydrogen-bond acceptors (Lipinski definition) is 2. The number of carboxylic acids is 1. The van der Waals surface area contributed by atoms with Crippen LogP contribution in [-0.4, -0.2) is 29.1 Å². The quantitative estimate of drug-likeness (QED) is 0.869. The summed E-state index contributed by atoms with van der Waals surface area (Å²) in [6.45, 7) is 2.49. The van der Waals surface area contributed by atoms with Crippen molar-refractivity contribution in [1.29, 1.82) is 0 Å². The van der Waals surface area contributed by atoms with E-state index in [-0.39, 0.29) is 18.0 Å². The van der Waals surface area contributed by atoms with Crippen LogP contribution in [0.1, 0.15) is 18.1 Å². The Kier molecular flexibility index (Phi) is 4.22. The predicted molar refractivity (Wildman–Crippen MR) is 67.0 cm³/mol. The smallest absolute Gasteiger partial charge is 0.416 e. The molecule has 2 rings (SSSR count). The van der Waals surface area contributed by atoms with Gasteiger partial charge in [-0.3, -0.25) is 9.69 Å². The fourth-order valence-corrected chi connectivity index (χ4v) is 2.45. The van der Waals surface area contributed by atoms with Gasteiger partial charge in [-0.25, -0.2) is 4.39 Å². The summed E-state index contributed by atoms with van der Waals surface area (Å²) in [5, 5.41) is 8.87. The molecule has 0 radical (unpaired) electrons. The highest BCUT2D eigenvalue weighted by molar-refractivity contribution is 5.70. The lowest BCUT2D eigenvalue weighted by molar-refractivity contribution is -0.145. The first-order valence-corrected chi connectivity index (χ1v) is 6.49. The van der Waals surface area contributed by atoms with Gasteiger partial charge in [0, 0.05) is 19.6 Å². The first kappa shape index (κ1) is 15.8. The van der Waals surface area contributed by atoms with Crippen LogP contribution in [0.5, 0.6) is 0 Å². The van der Waals surface area contributed by atoms with Crippen molar-refractivity contribution < 1.29 is 27.5 Å². The van der Waals surface area contributed by atoms with Crippen LogP contribution in [0.3, 0.4) is 0 Å². The van der Waals surface area contributed by atoms with Crippen molar-refractivity contribution in [2.24, 2.45) is 11.8 Å². The Balaban J connectivity index is 2.04. The number of rotatable bonds is 4. The lowest BCUT2D eigenvalue weighted by Gasteiger charge is -2.41. The minimum absolute atomic E-state index is 0.00493. The standard InChI is InChI=1S/C14H15F4NO2/c1-8(13(20)21)10-6-19(7-10)5-9-2-3-11(15)4-12(9)14(16,17)18/h2-4,8,10H,5-7H2,1H3,(H,20,21). The second-order valence-electron chi connectivity index (χ2n) is 5.38. The fourth-order valence-electron chi connectivity index (χ4n) is 2.45. The van der Waals surface area contributed by atoms with Gasteiger partial charge in [0.15, 0.2) is 0 Å². The Morgan fingerprint density at radius 3 is 2.57 bits per heavy atom. The van der Waals surface area contributed by atoms with Crippen LogP contribution in [-0.2, 0) is 17.5 Å². The van der Waals surface area contributed by atoms with Crippen molar-refractivity contribution in [3.05, 3.63) is 35.1 Å². The number of alkyl halides is 3. The first-order valence-electron chi connectivity index (χ1n) is 6.49. The molecule has 21 heavy (non-hydrogen) atoms. The number of aliphatic carboxylic acids is 1. The summed E-state index contributed by atoms with van der Waals surface area (Å²) in [5.41, 5.74) is -0.970. The normalized spacial score (nSPS) is 18.3. The van der Waals surface area contributed by atoms with Crippen molar-refractivity contribution in [1.82, 2.24) is 4.90 Å². The zero-order valence-corrected chi connectivity index (χ0v) is 11.3. The molecule has 1 heterocycles. The molecule has 1 fully saturated rings. The Morgan fingerprint density at radius 1 is 1.43 bits per heavy atom. The zero-order chi connectivity index (χ0) is 15.8. The summed E-state index contributed by atoms with van der Waals surface area (Å²) in [7, 11) is 0. The molecule has 1 aromatic carbocycles. The van der Waals surface area contributed by atoms with Crippen LogP contribution in [0.2, 0.25) is 0 Å². The third kappa shape index (κ3) is 3.53. The highest BCUT2D eigenvalue weighted by Crippen LogP contribution is 2.34. The maximum absolute atomic E-state index is 13.0. The average Bonchev–Trinajstić information content (AvgIpc) is 2.32. The van der Waals surface area contributed by atoms with Crippen LogP contribution >= 0.6 is 0 Å². The molecular weight excluding hydrogens is 290 g/mol. The predicted octanol–water partition coefficient (Wildman–Crippen LogP) is 3.00. The zero-order valence-electron chi connectivity index (χ0n) is 11.3. The molecule has 0 saturated carbocycles. The molecule has 1 N–H and O–H groups in total. The van der Waals surface area contributed by atoms with Gasteiger partial charge in [-0.15, -0.1) is 0 Å². The Morgan fingerprint density at radius 2 is 2.05 bits per heavy atom. The molecule has 0 bridgehead atoms. The first-order chi connectivity index (χ1) is 9.68. The molecule has 7 heteroatoms. The van der Waals surface area contributed by atoms with Gasteiger partial charge in [-0.05, 0) is 23.6 Å². The van der Waals surface area contributed by atoms with E-state index < -0.39 is 29.4 Å². The summed E-state index contributed by atoms with van der Waals surface area (Å²) >= 11 is 0. The van der Waals surface area contributed by atoms with E-state index in [1.165, 1.54) is 0 Å². The summed E-state index contributed by atoms with van der Waals surface area (Å²) in [6, 6.07) is 2.63. The van der Waals surface area contributed by atoms with Gasteiger partial charge in [0.25, 0.3) is 0 Å². The number of halogens is 4. The SMILES string of the molecule is CC(C(=O)O)C1CN(Cc2ccc(F)cc2C(F)(F)F)C1. The van der Waals surface area contributed by atoms with Crippen LogP contribution in [0.25, 0.3) is 0 Å².